The molecule has 0 bridgehead atoms. The van der Waals surface area contributed by atoms with Gasteiger partial charge in [-0.1, -0.05) is 101 Å². The molecule has 4 nitrogen and oxygen atoms in total. The van der Waals surface area contributed by atoms with E-state index >= 15 is 0 Å². The number of aromatic nitrogens is 2. The molecule has 0 saturated heterocycles. The molecule has 45 heavy (non-hydrogen) atoms. The van der Waals surface area contributed by atoms with Crippen molar-refractivity contribution in [2.75, 3.05) is 0 Å². The van der Waals surface area contributed by atoms with E-state index in [1.807, 2.05) is 52.2 Å². The Hall–Kier alpha value is -3.66. The molecule has 2 aromatic heterocycles. The molecule has 1 aliphatic rings. The number of hydrogen-bond acceptors (Lipinski definition) is 4. The summed E-state index contributed by atoms with van der Waals surface area (Å²) in [6, 6.07) is 26.9. The summed E-state index contributed by atoms with van der Waals surface area (Å²) in [4.78, 5) is 21.4. The molecule has 1 radical (unpaired) electrons. The predicted molar refractivity (Wildman–Crippen MR) is 183 cm³/mol. The molecule has 0 spiro atoms. The Morgan fingerprint density at radius 2 is 1.56 bits per heavy atom. The number of allylic oxidation sites excluding steroid dienone is 2. The van der Waals surface area contributed by atoms with Crippen molar-refractivity contribution in [3.8, 4) is 22.4 Å². The van der Waals surface area contributed by atoms with E-state index in [0.717, 1.165) is 48.0 Å². The molecular weight excluding hydrogens is 733 g/mol. The smallest absolute Gasteiger partial charge is 0.162 e. The van der Waals surface area contributed by atoms with Crippen LogP contribution in [0.4, 0.5) is 0 Å². The number of pyridine rings is 2. The second-order valence-electron chi connectivity index (χ2n) is 12.3. The first kappa shape index (κ1) is 34.2. The average molecular weight is 776 g/mol. The van der Waals surface area contributed by atoms with Crippen molar-refractivity contribution in [3.05, 3.63) is 108 Å². The molecule has 5 heteroatoms. The van der Waals surface area contributed by atoms with E-state index in [0.29, 0.717) is 0 Å². The summed E-state index contributed by atoms with van der Waals surface area (Å²) in [5, 5.41) is 13.4. The van der Waals surface area contributed by atoms with Gasteiger partial charge in [-0.25, -0.2) is 0 Å². The van der Waals surface area contributed by atoms with E-state index < -0.39 is 0 Å². The summed E-state index contributed by atoms with van der Waals surface area (Å²) >= 11 is 0. The van der Waals surface area contributed by atoms with Crippen LogP contribution in [0.25, 0.3) is 44.1 Å². The van der Waals surface area contributed by atoms with Gasteiger partial charge in [0.25, 0.3) is 0 Å². The number of carbonyl (C=O) groups is 1. The van der Waals surface area contributed by atoms with Crippen LogP contribution in [-0.4, -0.2) is 20.9 Å². The molecule has 0 amide bonds. The fourth-order valence-corrected chi connectivity index (χ4v) is 6.60. The number of benzene rings is 3. The molecule has 0 atom stereocenters. The zero-order valence-electron chi connectivity index (χ0n) is 27.1. The summed E-state index contributed by atoms with van der Waals surface area (Å²) in [5.41, 5.74) is 7.75. The van der Waals surface area contributed by atoms with Crippen molar-refractivity contribution in [2.24, 2.45) is 11.8 Å². The first-order chi connectivity index (χ1) is 21.2. The zero-order chi connectivity index (χ0) is 31.4. The van der Waals surface area contributed by atoms with Gasteiger partial charge in [0.15, 0.2) is 5.78 Å². The Labute approximate surface area is 281 Å². The van der Waals surface area contributed by atoms with E-state index in [9.17, 15) is 9.90 Å². The van der Waals surface area contributed by atoms with E-state index in [4.69, 9.17) is 9.97 Å². The van der Waals surface area contributed by atoms with Crippen LogP contribution < -0.4 is 0 Å². The van der Waals surface area contributed by atoms with Crippen molar-refractivity contribution in [3.63, 3.8) is 0 Å². The van der Waals surface area contributed by atoms with Crippen molar-refractivity contribution >= 4 is 27.5 Å². The van der Waals surface area contributed by atoms with Gasteiger partial charge in [0.1, 0.15) is 0 Å². The van der Waals surface area contributed by atoms with Gasteiger partial charge in [0.05, 0.1) is 11.3 Å². The van der Waals surface area contributed by atoms with Gasteiger partial charge in [0, 0.05) is 61.4 Å². The van der Waals surface area contributed by atoms with Crippen LogP contribution in [-0.2, 0) is 30.3 Å². The van der Waals surface area contributed by atoms with E-state index in [1.54, 1.807) is 0 Å². The quantitative estimate of drug-likeness (QED) is 0.0969. The second kappa shape index (κ2) is 14.6. The molecule has 1 N–H and O–H groups in total. The average Bonchev–Trinajstić information content (AvgIpc) is 3.04. The first-order valence-electron chi connectivity index (χ1n) is 16.0. The molecule has 235 valence electrons. The number of hydrogen-bond donors (Lipinski definition) is 1. The molecule has 1 aliphatic carbocycles. The van der Waals surface area contributed by atoms with Crippen LogP contribution in [0.2, 0.25) is 0 Å². The standard InChI is InChI=1S/C27H19N2.C13H24O2.Ir/c1-27(2)22-13-7-11-18-10-6-12-20(24(18)22)26-25(27)21-14-19(15-28-23(21)16-29-26)17-8-4-3-5-9-17;1-5-10(6-2)12(14)9-13(15)11(7-3)8-4;/h3-11,13-16H,1-2H3;9-11,14H,5-8H2,1-4H3;/q-1;;/b;12-9-;. The topological polar surface area (TPSA) is 63.1 Å². The zero-order valence-corrected chi connectivity index (χ0v) is 29.5. The maximum Gasteiger partial charge on any atom is 0.162 e. The van der Waals surface area contributed by atoms with Crippen molar-refractivity contribution in [2.45, 2.75) is 72.6 Å². The predicted octanol–water partition coefficient (Wildman–Crippen LogP) is 10.4. The van der Waals surface area contributed by atoms with Gasteiger partial charge in [-0.3, -0.25) is 9.78 Å². The minimum Gasteiger partial charge on any atom is -0.512 e. The molecule has 3 aromatic carbocycles. The van der Waals surface area contributed by atoms with Crippen molar-refractivity contribution in [1.82, 2.24) is 9.97 Å². The van der Waals surface area contributed by atoms with Gasteiger partial charge in [-0.15, -0.1) is 29.1 Å². The number of carbonyl (C=O) groups excluding carboxylic acids is 1. The van der Waals surface area contributed by atoms with Crippen LogP contribution >= 0.6 is 0 Å². The summed E-state index contributed by atoms with van der Waals surface area (Å²) in [6.45, 7) is 12.7. The number of ketones is 1. The molecule has 5 aromatic rings. The number of rotatable bonds is 8. The number of nitrogens with zero attached hydrogens (tertiary/aromatic N) is 2. The monoisotopic (exact) mass is 776 g/mol. The summed E-state index contributed by atoms with van der Waals surface area (Å²) in [7, 11) is 0. The van der Waals surface area contributed by atoms with Crippen molar-refractivity contribution < 1.29 is 30.0 Å². The Bertz CT molecular complexity index is 1810. The summed E-state index contributed by atoms with van der Waals surface area (Å²) in [5.74, 6) is 0.547. The van der Waals surface area contributed by atoms with E-state index in [1.165, 1.54) is 38.9 Å². The minimum absolute atomic E-state index is 0. The summed E-state index contributed by atoms with van der Waals surface area (Å²) in [6.07, 6.45) is 8.76. The third-order valence-corrected chi connectivity index (χ3v) is 9.30. The normalized spacial score (nSPS) is 13.3. The minimum atomic E-state index is -0.180. The van der Waals surface area contributed by atoms with E-state index in [2.05, 4.69) is 74.5 Å². The third-order valence-electron chi connectivity index (χ3n) is 9.30. The van der Waals surface area contributed by atoms with Crippen LogP contribution in [0.1, 0.15) is 78.4 Å². The Morgan fingerprint density at radius 1 is 0.867 bits per heavy atom. The van der Waals surface area contributed by atoms with Crippen LogP contribution in [0.5, 0.6) is 0 Å². The number of aliphatic hydroxyl groups excluding tert-OH is 1. The Balaban J connectivity index is 0.000000249. The molecule has 0 unspecified atom stereocenters. The first-order valence-corrected chi connectivity index (χ1v) is 16.0. The molecule has 6 rings (SSSR count). The van der Waals surface area contributed by atoms with Gasteiger partial charge < -0.3 is 10.1 Å². The molecule has 0 aliphatic heterocycles. The second-order valence-corrected chi connectivity index (χ2v) is 12.3. The molecular formula is C40H43IrN2O2-. The van der Waals surface area contributed by atoms with Crippen LogP contribution in [0.3, 0.4) is 0 Å². The number of aliphatic hydroxyl groups is 1. The van der Waals surface area contributed by atoms with Crippen LogP contribution in [0, 0.1) is 17.9 Å². The number of fused-ring (bicyclic) bond motifs is 4. The summed E-state index contributed by atoms with van der Waals surface area (Å²) < 4.78 is 0. The van der Waals surface area contributed by atoms with E-state index in [-0.39, 0.29) is 48.9 Å². The van der Waals surface area contributed by atoms with Crippen molar-refractivity contribution in [1.29, 1.82) is 0 Å². The largest absolute Gasteiger partial charge is 0.512 e. The van der Waals surface area contributed by atoms with Gasteiger partial charge in [0.2, 0.25) is 0 Å². The fraction of sp³-hybridized carbons (Fsp3) is 0.325. The Morgan fingerprint density at radius 3 is 2.22 bits per heavy atom. The van der Waals surface area contributed by atoms with Gasteiger partial charge in [-0.2, -0.15) is 0 Å². The van der Waals surface area contributed by atoms with Gasteiger partial charge >= 0.3 is 0 Å². The molecule has 0 saturated carbocycles. The van der Waals surface area contributed by atoms with Crippen LogP contribution in [0.15, 0.2) is 91.0 Å². The Kier molecular flexibility index (Phi) is 11.1. The molecule has 0 fully saturated rings. The SMILES string of the molecule is CC1(C)c2c(ncc3ncc(-c4ccccc4)cc23)-c2[c-]ccc3cccc1c23.CCC(CC)C(=O)/C=C(\O)C(CC)CC.[Ir]. The maximum absolute atomic E-state index is 11.7. The van der Waals surface area contributed by atoms with Gasteiger partial charge in [-0.05, 0) is 54.0 Å². The fourth-order valence-electron chi connectivity index (χ4n) is 6.60. The molecule has 2 heterocycles. The maximum atomic E-state index is 11.7. The third kappa shape index (κ3) is 6.66.